The van der Waals surface area contributed by atoms with E-state index < -0.39 is 0 Å². The fourth-order valence-electron chi connectivity index (χ4n) is 2.40. The molecule has 2 aromatic rings. The summed E-state index contributed by atoms with van der Waals surface area (Å²) in [6.45, 7) is 3.40. The molecule has 0 saturated heterocycles. The summed E-state index contributed by atoms with van der Waals surface area (Å²) >= 11 is 1.28. The van der Waals surface area contributed by atoms with Crippen molar-refractivity contribution >= 4 is 33.0 Å². The molecule has 1 saturated carbocycles. The topological polar surface area (TPSA) is 46.3 Å². The number of rotatable bonds is 4. The molecule has 2 N–H and O–H groups in total. The summed E-state index contributed by atoms with van der Waals surface area (Å²) in [5.74, 6) is 0.198. The number of anilines is 1. The van der Waals surface area contributed by atoms with Gasteiger partial charge in [-0.05, 0) is 37.8 Å². The van der Waals surface area contributed by atoms with Crippen molar-refractivity contribution in [2.24, 2.45) is 5.92 Å². The smallest absolute Gasteiger partial charge is 0.266 e. The highest BCUT2D eigenvalue weighted by Crippen LogP contribution is 2.37. The third kappa shape index (κ3) is 2.26. The number of carbonyl (C=O) groups is 1. The van der Waals surface area contributed by atoms with Crippen molar-refractivity contribution < 1.29 is 9.18 Å². The van der Waals surface area contributed by atoms with Crippen molar-refractivity contribution in [2.75, 3.05) is 18.8 Å². The van der Waals surface area contributed by atoms with E-state index in [0.29, 0.717) is 22.7 Å². The van der Waals surface area contributed by atoms with E-state index in [-0.39, 0.29) is 17.4 Å². The van der Waals surface area contributed by atoms with Crippen LogP contribution in [0, 0.1) is 11.7 Å². The van der Waals surface area contributed by atoms with Gasteiger partial charge >= 0.3 is 0 Å². The van der Waals surface area contributed by atoms with E-state index in [1.807, 2.05) is 11.8 Å². The lowest BCUT2D eigenvalue weighted by Gasteiger charge is -2.20. The first-order chi connectivity index (χ1) is 9.61. The number of nitrogens with zero attached hydrogens (tertiary/aromatic N) is 1. The predicted octanol–water partition coefficient (Wildman–Crippen LogP) is 3.49. The first-order valence-corrected chi connectivity index (χ1v) is 7.69. The number of nitrogen functional groups attached to an aromatic ring is 1. The SMILES string of the molecule is CCN(CC1CC1)C(=O)c1sc2cccc(F)c2c1N. The second kappa shape index (κ2) is 5.05. The summed E-state index contributed by atoms with van der Waals surface area (Å²) in [6.07, 6.45) is 2.39. The van der Waals surface area contributed by atoms with Crippen molar-refractivity contribution in [3.8, 4) is 0 Å². The molecular formula is C15H17FN2OS. The Labute approximate surface area is 121 Å². The molecule has 0 radical (unpaired) electrons. The lowest BCUT2D eigenvalue weighted by Crippen LogP contribution is -2.32. The average molecular weight is 292 g/mol. The molecule has 3 rings (SSSR count). The Balaban J connectivity index is 1.98. The van der Waals surface area contributed by atoms with E-state index in [4.69, 9.17) is 5.73 Å². The molecule has 1 aromatic heterocycles. The van der Waals surface area contributed by atoms with Gasteiger partial charge in [0.15, 0.2) is 0 Å². The van der Waals surface area contributed by atoms with Gasteiger partial charge in [0.05, 0.1) is 11.1 Å². The average Bonchev–Trinajstić information content (AvgIpc) is 3.19. The van der Waals surface area contributed by atoms with Crippen molar-refractivity contribution in [1.82, 2.24) is 4.90 Å². The third-order valence-electron chi connectivity index (χ3n) is 3.74. The Morgan fingerprint density at radius 3 is 2.85 bits per heavy atom. The van der Waals surface area contributed by atoms with Crippen LogP contribution in [-0.2, 0) is 0 Å². The van der Waals surface area contributed by atoms with E-state index in [1.165, 1.54) is 30.2 Å². The highest BCUT2D eigenvalue weighted by atomic mass is 32.1. The van der Waals surface area contributed by atoms with Crippen LogP contribution < -0.4 is 5.73 Å². The highest BCUT2D eigenvalue weighted by Gasteiger charge is 2.28. The molecule has 0 unspecified atom stereocenters. The van der Waals surface area contributed by atoms with Gasteiger partial charge in [-0.1, -0.05) is 6.07 Å². The molecule has 1 amide bonds. The van der Waals surface area contributed by atoms with Gasteiger partial charge < -0.3 is 10.6 Å². The minimum atomic E-state index is -0.361. The first-order valence-electron chi connectivity index (χ1n) is 6.87. The molecule has 3 nitrogen and oxygen atoms in total. The summed E-state index contributed by atoms with van der Waals surface area (Å²) < 4.78 is 14.6. The number of nitrogens with two attached hydrogens (primary N) is 1. The molecule has 5 heteroatoms. The Kier molecular flexibility index (Phi) is 3.38. The monoisotopic (exact) mass is 292 g/mol. The predicted molar refractivity (Wildman–Crippen MR) is 80.5 cm³/mol. The molecular weight excluding hydrogens is 275 g/mol. The fraction of sp³-hybridized carbons (Fsp3) is 0.400. The number of carbonyl (C=O) groups excluding carboxylic acids is 1. The van der Waals surface area contributed by atoms with E-state index >= 15 is 0 Å². The lowest BCUT2D eigenvalue weighted by atomic mass is 10.2. The normalized spacial score (nSPS) is 14.7. The molecule has 1 aliphatic carbocycles. The zero-order valence-corrected chi connectivity index (χ0v) is 12.2. The maximum atomic E-state index is 13.8. The van der Waals surface area contributed by atoms with E-state index in [0.717, 1.165) is 11.2 Å². The van der Waals surface area contributed by atoms with Gasteiger partial charge in [0, 0.05) is 17.8 Å². The molecule has 1 aliphatic rings. The Bertz CT molecular complexity index is 663. The van der Waals surface area contributed by atoms with Gasteiger partial charge in [-0.2, -0.15) is 0 Å². The van der Waals surface area contributed by atoms with Crippen LogP contribution in [0.15, 0.2) is 18.2 Å². The van der Waals surface area contributed by atoms with Crippen molar-refractivity contribution in [3.05, 3.63) is 28.9 Å². The standard InChI is InChI=1S/C15H17FN2OS/c1-2-18(8-9-6-7-9)15(19)14-13(17)12-10(16)4-3-5-11(12)20-14/h3-5,9H,2,6-8,17H2,1H3. The molecule has 0 aliphatic heterocycles. The summed E-state index contributed by atoms with van der Waals surface area (Å²) in [6, 6.07) is 4.82. The number of hydrogen-bond donors (Lipinski definition) is 1. The van der Waals surface area contributed by atoms with Gasteiger partial charge in [-0.25, -0.2) is 4.39 Å². The Morgan fingerprint density at radius 1 is 1.50 bits per heavy atom. The van der Waals surface area contributed by atoms with Gasteiger partial charge in [0.25, 0.3) is 5.91 Å². The Hall–Kier alpha value is -1.62. The van der Waals surface area contributed by atoms with Crippen molar-refractivity contribution in [3.63, 3.8) is 0 Å². The maximum absolute atomic E-state index is 13.8. The molecule has 1 aromatic carbocycles. The van der Waals surface area contributed by atoms with Gasteiger partial charge in [-0.3, -0.25) is 4.79 Å². The molecule has 0 atom stereocenters. The molecule has 0 spiro atoms. The Morgan fingerprint density at radius 2 is 2.25 bits per heavy atom. The number of amides is 1. The van der Waals surface area contributed by atoms with E-state index in [1.54, 1.807) is 12.1 Å². The third-order valence-corrected chi connectivity index (χ3v) is 4.90. The van der Waals surface area contributed by atoms with E-state index in [9.17, 15) is 9.18 Å². The van der Waals surface area contributed by atoms with E-state index in [2.05, 4.69) is 0 Å². The van der Waals surface area contributed by atoms with Crippen LogP contribution in [0.25, 0.3) is 10.1 Å². The zero-order chi connectivity index (χ0) is 14.3. The zero-order valence-electron chi connectivity index (χ0n) is 11.4. The molecule has 106 valence electrons. The number of halogens is 1. The van der Waals surface area contributed by atoms with Crippen LogP contribution in [0.5, 0.6) is 0 Å². The second-order valence-electron chi connectivity index (χ2n) is 5.24. The summed E-state index contributed by atoms with van der Waals surface area (Å²) in [4.78, 5) is 14.9. The number of hydrogen-bond acceptors (Lipinski definition) is 3. The van der Waals surface area contributed by atoms with Crippen LogP contribution >= 0.6 is 11.3 Å². The largest absolute Gasteiger partial charge is 0.397 e. The van der Waals surface area contributed by atoms with Crippen LogP contribution in [0.2, 0.25) is 0 Å². The quantitative estimate of drug-likeness (QED) is 0.937. The molecule has 0 bridgehead atoms. The number of benzene rings is 1. The van der Waals surface area contributed by atoms with Crippen molar-refractivity contribution in [2.45, 2.75) is 19.8 Å². The number of thiophene rings is 1. The number of fused-ring (bicyclic) bond motifs is 1. The fourth-order valence-corrected chi connectivity index (χ4v) is 3.50. The first kappa shape index (κ1) is 13.4. The summed E-state index contributed by atoms with van der Waals surface area (Å²) in [7, 11) is 0. The minimum Gasteiger partial charge on any atom is -0.397 e. The minimum absolute atomic E-state index is 0.0718. The summed E-state index contributed by atoms with van der Waals surface area (Å²) in [5.41, 5.74) is 6.28. The maximum Gasteiger partial charge on any atom is 0.266 e. The summed E-state index contributed by atoms with van der Waals surface area (Å²) in [5, 5.41) is 0.378. The van der Waals surface area contributed by atoms with Gasteiger partial charge in [0.1, 0.15) is 10.7 Å². The van der Waals surface area contributed by atoms with Crippen LogP contribution in [0.3, 0.4) is 0 Å². The van der Waals surface area contributed by atoms with Crippen molar-refractivity contribution in [1.29, 1.82) is 0 Å². The van der Waals surface area contributed by atoms with Crippen LogP contribution in [0.4, 0.5) is 10.1 Å². The molecule has 1 heterocycles. The highest BCUT2D eigenvalue weighted by molar-refractivity contribution is 7.21. The van der Waals surface area contributed by atoms with Crippen LogP contribution in [-0.4, -0.2) is 23.9 Å². The van der Waals surface area contributed by atoms with Crippen LogP contribution in [0.1, 0.15) is 29.4 Å². The second-order valence-corrected chi connectivity index (χ2v) is 6.30. The molecule has 1 fully saturated rings. The van der Waals surface area contributed by atoms with Gasteiger partial charge in [-0.15, -0.1) is 11.3 Å². The lowest BCUT2D eigenvalue weighted by molar-refractivity contribution is 0.0763. The molecule has 20 heavy (non-hydrogen) atoms. The van der Waals surface area contributed by atoms with Gasteiger partial charge in [0.2, 0.25) is 0 Å².